The summed E-state index contributed by atoms with van der Waals surface area (Å²) in [7, 11) is 0. The van der Waals surface area contributed by atoms with Crippen molar-refractivity contribution in [3.63, 3.8) is 0 Å². The normalized spacial score (nSPS) is 16.5. The fourth-order valence-corrected chi connectivity index (χ4v) is 2.80. The third kappa shape index (κ3) is 3.52. The fourth-order valence-electron chi connectivity index (χ4n) is 2.80. The van der Waals surface area contributed by atoms with Gasteiger partial charge in [-0.2, -0.15) is 5.10 Å². The topological polar surface area (TPSA) is 105 Å². The number of amides is 4. The van der Waals surface area contributed by atoms with Gasteiger partial charge in [0.05, 0.1) is 17.8 Å². The van der Waals surface area contributed by atoms with Gasteiger partial charge in [-0.3, -0.25) is 14.9 Å². The molecule has 1 aromatic carbocycles. The van der Waals surface area contributed by atoms with Crippen molar-refractivity contribution < 1.29 is 14.4 Å². The summed E-state index contributed by atoms with van der Waals surface area (Å²) < 4.78 is 1.83. The Morgan fingerprint density at radius 3 is 2.60 bits per heavy atom. The number of hydrogen-bond acceptors (Lipinski definition) is 4. The quantitative estimate of drug-likeness (QED) is 0.696. The van der Waals surface area contributed by atoms with Gasteiger partial charge in [-0.1, -0.05) is 18.2 Å². The molecule has 130 valence electrons. The van der Waals surface area contributed by atoms with Crippen LogP contribution in [0.15, 0.2) is 30.3 Å². The first-order chi connectivity index (χ1) is 12.0. The van der Waals surface area contributed by atoms with Crippen molar-refractivity contribution in [1.82, 2.24) is 25.7 Å². The maximum absolute atomic E-state index is 12.1. The Balaban J connectivity index is 1.65. The molecule has 1 saturated heterocycles. The van der Waals surface area contributed by atoms with Crippen LogP contribution in [0.1, 0.15) is 23.4 Å². The Morgan fingerprint density at radius 2 is 1.96 bits per heavy atom. The van der Waals surface area contributed by atoms with Gasteiger partial charge in [-0.05, 0) is 26.0 Å². The Bertz CT molecular complexity index is 828. The molecule has 8 heteroatoms. The van der Waals surface area contributed by atoms with Gasteiger partial charge in [0.15, 0.2) is 0 Å². The minimum atomic E-state index is -0.818. The lowest BCUT2D eigenvalue weighted by atomic mass is 10.1. The zero-order chi connectivity index (χ0) is 18.0. The number of urea groups is 1. The molecule has 4 amide bonds. The van der Waals surface area contributed by atoms with Gasteiger partial charge in [0.25, 0.3) is 5.91 Å². The number of carbonyl (C=O) groups is 3. The van der Waals surface area contributed by atoms with Crippen LogP contribution in [-0.4, -0.2) is 33.7 Å². The van der Waals surface area contributed by atoms with Gasteiger partial charge in [0.2, 0.25) is 5.91 Å². The number of imide groups is 1. The highest BCUT2D eigenvalue weighted by atomic mass is 16.2. The summed E-state index contributed by atoms with van der Waals surface area (Å²) in [6, 6.07) is 8.35. The predicted molar refractivity (Wildman–Crippen MR) is 90.0 cm³/mol. The van der Waals surface area contributed by atoms with Gasteiger partial charge in [-0.25, -0.2) is 9.48 Å². The van der Waals surface area contributed by atoms with E-state index in [4.69, 9.17) is 0 Å². The van der Waals surface area contributed by atoms with Crippen molar-refractivity contribution >= 4 is 17.8 Å². The van der Waals surface area contributed by atoms with E-state index in [9.17, 15) is 14.4 Å². The smallest absolute Gasteiger partial charge is 0.322 e. The SMILES string of the molecule is Cc1nn(-c2ccccc2)c(C)c1CNC(=O)C[C@@H]1NC(=O)NC1=O. The van der Waals surface area contributed by atoms with Crippen LogP contribution in [0.4, 0.5) is 4.79 Å². The van der Waals surface area contributed by atoms with E-state index in [0.29, 0.717) is 6.54 Å². The maximum atomic E-state index is 12.1. The summed E-state index contributed by atoms with van der Waals surface area (Å²) >= 11 is 0. The van der Waals surface area contributed by atoms with E-state index < -0.39 is 18.0 Å². The van der Waals surface area contributed by atoms with E-state index in [1.54, 1.807) is 0 Å². The average molecular weight is 341 g/mol. The second-order valence-corrected chi connectivity index (χ2v) is 5.89. The molecule has 2 heterocycles. The van der Waals surface area contributed by atoms with Crippen molar-refractivity contribution in [3.05, 3.63) is 47.3 Å². The summed E-state index contributed by atoms with van der Waals surface area (Å²) in [5.74, 6) is -0.794. The van der Waals surface area contributed by atoms with E-state index in [1.807, 2.05) is 48.9 Å². The van der Waals surface area contributed by atoms with Crippen LogP contribution in [-0.2, 0) is 16.1 Å². The van der Waals surface area contributed by atoms with Crippen LogP contribution in [0.5, 0.6) is 0 Å². The Morgan fingerprint density at radius 1 is 1.24 bits per heavy atom. The number of rotatable bonds is 5. The molecule has 25 heavy (non-hydrogen) atoms. The number of carbonyl (C=O) groups excluding carboxylic acids is 3. The van der Waals surface area contributed by atoms with Crippen LogP contribution >= 0.6 is 0 Å². The third-order valence-corrected chi connectivity index (χ3v) is 4.15. The molecule has 1 aliphatic heterocycles. The van der Waals surface area contributed by atoms with Crippen molar-refractivity contribution in [2.75, 3.05) is 0 Å². The zero-order valence-electron chi connectivity index (χ0n) is 14.0. The highest BCUT2D eigenvalue weighted by Crippen LogP contribution is 2.17. The largest absolute Gasteiger partial charge is 0.352 e. The lowest BCUT2D eigenvalue weighted by molar-refractivity contribution is -0.126. The molecule has 1 aromatic heterocycles. The zero-order valence-corrected chi connectivity index (χ0v) is 14.0. The first-order valence-corrected chi connectivity index (χ1v) is 7.94. The summed E-state index contributed by atoms with van der Waals surface area (Å²) in [5, 5.41) is 11.8. The summed E-state index contributed by atoms with van der Waals surface area (Å²) in [5.41, 5.74) is 3.65. The molecule has 0 radical (unpaired) electrons. The van der Waals surface area contributed by atoms with Crippen molar-refractivity contribution in [3.8, 4) is 5.69 Å². The molecular formula is C17H19N5O3. The number of aromatic nitrogens is 2. The van der Waals surface area contributed by atoms with E-state index in [-0.39, 0.29) is 12.3 Å². The second-order valence-electron chi connectivity index (χ2n) is 5.89. The van der Waals surface area contributed by atoms with Crippen molar-refractivity contribution in [1.29, 1.82) is 0 Å². The van der Waals surface area contributed by atoms with E-state index in [0.717, 1.165) is 22.6 Å². The van der Waals surface area contributed by atoms with Gasteiger partial charge in [-0.15, -0.1) is 0 Å². The van der Waals surface area contributed by atoms with Crippen LogP contribution in [0.25, 0.3) is 5.69 Å². The van der Waals surface area contributed by atoms with Crippen molar-refractivity contribution in [2.45, 2.75) is 32.9 Å². The molecule has 3 N–H and O–H groups in total. The van der Waals surface area contributed by atoms with Crippen LogP contribution in [0.3, 0.4) is 0 Å². The van der Waals surface area contributed by atoms with Gasteiger partial charge in [0.1, 0.15) is 6.04 Å². The maximum Gasteiger partial charge on any atom is 0.322 e. The second kappa shape index (κ2) is 6.76. The monoisotopic (exact) mass is 341 g/mol. The van der Waals surface area contributed by atoms with Gasteiger partial charge in [0, 0.05) is 17.8 Å². The lowest BCUT2D eigenvalue weighted by Gasteiger charge is -2.09. The number of para-hydroxylation sites is 1. The van der Waals surface area contributed by atoms with Gasteiger partial charge < -0.3 is 10.6 Å². The summed E-state index contributed by atoms with van der Waals surface area (Å²) in [4.78, 5) is 34.6. The highest BCUT2D eigenvalue weighted by molar-refractivity contribution is 6.05. The van der Waals surface area contributed by atoms with E-state index in [1.165, 1.54) is 0 Å². The molecule has 2 aromatic rings. The van der Waals surface area contributed by atoms with Crippen molar-refractivity contribution in [2.24, 2.45) is 0 Å². The molecule has 0 aliphatic carbocycles. The highest BCUT2D eigenvalue weighted by Gasteiger charge is 2.31. The minimum Gasteiger partial charge on any atom is -0.352 e. The number of hydrogen-bond donors (Lipinski definition) is 3. The Hall–Kier alpha value is -3.16. The molecule has 0 saturated carbocycles. The summed E-state index contributed by atoms with van der Waals surface area (Å²) in [6.07, 6.45) is -0.0948. The molecule has 0 unspecified atom stereocenters. The lowest BCUT2D eigenvalue weighted by Crippen LogP contribution is -2.36. The molecule has 1 aliphatic rings. The van der Waals surface area contributed by atoms with E-state index >= 15 is 0 Å². The Kier molecular flexibility index (Phi) is 4.51. The fraction of sp³-hybridized carbons (Fsp3) is 0.294. The van der Waals surface area contributed by atoms with Crippen LogP contribution < -0.4 is 16.0 Å². The molecule has 1 fully saturated rings. The summed E-state index contributed by atoms with van der Waals surface area (Å²) in [6.45, 7) is 4.14. The molecule has 0 spiro atoms. The van der Waals surface area contributed by atoms with Gasteiger partial charge >= 0.3 is 6.03 Å². The minimum absolute atomic E-state index is 0.0948. The predicted octanol–water partition coefficient (Wildman–Crippen LogP) is 0.703. The Labute approximate surface area is 144 Å². The van der Waals surface area contributed by atoms with Crippen LogP contribution in [0, 0.1) is 13.8 Å². The van der Waals surface area contributed by atoms with E-state index in [2.05, 4.69) is 21.0 Å². The molecule has 8 nitrogen and oxygen atoms in total. The standard InChI is InChI=1S/C17H19N5O3/c1-10-13(11(2)22(21-10)12-6-4-3-5-7-12)9-18-15(23)8-14-16(24)20-17(25)19-14/h3-7,14H,8-9H2,1-2H3,(H,18,23)(H2,19,20,24,25)/t14-/m0/s1. The number of nitrogens with one attached hydrogen (secondary N) is 3. The number of nitrogens with zero attached hydrogens (tertiary/aromatic N) is 2. The first kappa shape index (κ1) is 16.7. The molecule has 3 rings (SSSR count). The first-order valence-electron chi connectivity index (χ1n) is 7.94. The molecular weight excluding hydrogens is 322 g/mol. The number of aryl methyl sites for hydroxylation is 1. The number of benzene rings is 1. The molecule has 0 bridgehead atoms. The average Bonchev–Trinajstić information content (AvgIpc) is 3.05. The molecule has 1 atom stereocenters. The third-order valence-electron chi connectivity index (χ3n) is 4.15. The van der Waals surface area contributed by atoms with Crippen LogP contribution in [0.2, 0.25) is 0 Å².